The first kappa shape index (κ1) is 20.1. The highest BCUT2D eigenvalue weighted by atomic mass is 16.2. The van der Waals surface area contributed by atoms with Crippen molar-refractivity contribution in [2.75, 3.05) is 0 Å². The van der Waals surface area contributed by atoms with Gasteiger partial charge in [0.2, 0.25) is 5.91 Å². The minimum Gasteiger partial charge on any atom is -0.329 e. The van der Waals surface area contributed by atoms with Gasteiger partial charge in [0.15, 0.2) is 0 Å². The van der Waals surface area contributed by atoms with Crippen LogP contribution in [0.4, 0.5) is 4.79 Å². The van der Waals surface area contributed by atoms with E-state index in [4.69, 9.17) is 0 Å². The molecule has 4 amide bonds. The molecule has 0 saturated carbocycles. The molecule has 1 aromatic rings. The lowest BCUT2D eigenvalue weighted by Crippen LogP contribution is -2.70. The summed E-state index contributed by atoms with van der Waals surface area (Å²) in [7, 11) is 0. The highest BCUT2D eigenvalue weighted by molar-refractivity contribution is 6.07. The molecule has 0 aromatic heterocycles. The second-order valence-electron chi connectivity index (χ2n) is 9.04. The van der Waals surface area contributed by atoms with Crippen molar-refractivity contribution in [3.8, 4) is 0 Å². The number of carbonyl (C=O) groups is 3. The summed E-state index contributed by atoms with van der Waals surface area (Å²) in [6.45, 7) is 9.88. The van der Waals surface area contributed by atoms with E-state index in [1.807, 2.05) is 69.9 Å². The van der Waals surface area contributed by atoms with E-state index in [2.05, 4.69) is 5.32 Å². The predicted octanol–water partition coefficient (Wildman–Crippen LogP) is 3.23. The minimum atomic E-state index is -0.994. The Morgan fingerprint density at radius 2 is 1.64 bits per heavy atom. The minimum absolute atomic E-state index is 0.0785. The molecule has 1 aromatic carbocycles. The molecule has 2 heterocycles. The summed E-state index contributed by atoms with van der Waals surface area (Å²) in [4.78, 5) is 42.0. The number of hydrogen-bond acceptors (Lipinski definition) is 3. The Labute approximate surface area is 166 Å². The molecule has 6 nitrogen and oxygen atoms in total. The molecule has 1 N–H and O–H groups in total. The molecule has 0 unspecified atom stereocenters. The SMILES string of the molecule is C/C=C/C(=O)N1C(C)(C)CC2(CC1(C)C)NC(=O)N(Cc1ccccc1)C2=O. The smallest absolute Gasteiger partial charge is 0.325 e. The number of urea groups is 1. The lowest BCUT2D eigenvalue weighted by atomic mass is 9.68. The number of amides is 4. The van der Waals surface area contributed by atoms with Crippen LogP contribution < -0.4 is 5.32 Å². The Kier molecular flexibility index (Phi) is 4.86. The third-order valence-corrected chi connectivity index (χ3v) is 5.64. The summed E-state index contributed by atoms with van der Waals surface area (Å²) in [5.74, 6) is -0.286. The maximum Gasteiger partial charge on any atom is 0.325 e. The van der Waals surface area contributed by atoms with Gasteiger partial charge in [0.1, 0.15) is 5.54 Å². The topological polar surface area (TPSA) is 69.7 Å². The lowest BCUT2D eigenvalue weighted by molar-refractivity contribution is -0.154. The molecule has 3 rings (SSSR count). The predicted molar refractivity (Wildman–Crippen MR) is 107 cm³/mol. The number of benzene rings is 1. The number of nitrogens with one attached hydrogen (secondary N) is 1. The van der Waals surface area contributed by atoms with Crippen LogP contribution in [-0.2, 0) is 16.1 Å². The first-order chi connectivity index (χ1) is 13.0. The van der Waals surface area contributed by atoms with E-state index in [-0.39, 0.29) is 24.4 Å². The Bertz CT molecular complexity index is 809. The van der Waals surface area contributed by atoms with Crippen molar-refractivity contribution in [2.45, 2.75) is 70.6 Å². The van der Waals surface area contributed by atoms with Crippen molar-refractivity contribution in [2.24, 2.45) is 0 Å². The average molecular weight is 383 g/mol. The van der Waals surface area contributed by atoms with Crippen LogP contribution in [0.25, 0.3) is 0 Å². The molecular formula is C22H29N3O3. The second kappa shape index (κ2) is 6.76. The Morgan fingerprint density at radius 1 is 1.07 bits per heavy atom. The van der Waals surface area contributed by atoms with Gasteiger partial charge < -0.3 is 10.2 Å². The molecule has 0 atom stereocenters. The van der Waals surface area contributed by atoms with Gasteiger partial charge in [-0.15, -0.1) is 0 Å². The zero-order valence-corrected chi connectivity index (χ0v) is 17.3. The average Bonchev–Trinajstić information content (AvgIpc) is 2.77. The fourth-order valence-corrected chi connectivity index (χ4v) is 5.16. The van der Waals surface area contributed by atoms with Gasteiger partial charge >= 0.3 is 6.03 Å². The Balaban J connectivity index is 1.92. The molecule has 28 heavy (non-hydrogen) atoms. The van der Waals surface area contributed by atoms with E-state index in [0.717, 1.165) is 5.56 Å². The van der Waals surface area contributed by atoms with Crippen LogP contribution in [0.3, 0.4) is 0 Å². The van der Waals surface area contributed by atoms with Gasteiger partial charge in [0.05, 0.1) is 6.54 Å². The van der Waals surface area contributed by atoms with Crippen LogP contribution in [0, 0.1) is 0 Å². The third kappa shape index (κ3) is 3.32. The number of imide groups is 1. The maximum atomic E-state index is 13.4. The van der Waals surface area contributed by atoms with Gasteiger partial charge in [0, 0.05) is 23.9 Å². The zero-order chi connectivity index (χ0) is 20.7. The van der Waals surface area contributed by atoms with Crippen LogP contribution >= 0.6 is 0 Å². The van der Waals surface area contributed by atoms with E-state index in [0.29, 0.717) is 12.8 Å². The van der Waals surface area contributed by atoms with Gasteiger partial charge in [-0.25, -0.2) is 4.79 Å². The molecule has 2 saturated heterocycles. The normalized spacial score (nSPS) is 22.8. The van der Waals surface area contributed by atoms with Crippen molar-refractivity contribution >= 4 is 17.8 Å². The van der Waals surface area contributed by atoms with Gasteiger partial charge in [0.25, 0.3) is 5.91 Å². The molecule has 150 valence electrons. The quantitative estimate of drug-likeness (QED) is 0.643. The van der Waals surface area contributed by atoms with E-state index in [1.54, 1.807) is 12.2 Å². The van der Waals surface area contributed by atoms with Crippen molar-refractivity contribution in [1.82, 2.24) is 15.1 Å². The number of rotatable bonds is 3. The van der Waals surface area contributed by atoms with Crippen LogP contribution in [0.2, 0.25) is 0 Å². The Morgan fingerprint density at radius 3 is 2.18 bits per heavy atom. The van der Waals surface area contributed by atoms with Gasteiger partial charge in [-0.3, -0.25) is 14.5 Å². The van der Waals surface area contributed by atoms with Crippen molar-refractivity contribution < 1.29 is 14.4 Å². The van der Waals surface area contributed by atoms with Crippen LogP contribution in [-0.4, -0.2) is 44.3 Å². The first-order valence-corrected chi connectivity index (χ1v) is 9.67. The van der Waals surface area contributed by atoms with Crippen molar-refractivity contribution in [1.29, 1.82) is 0 Å². The second-order valence-corrected chi connectivity index (χ2v) is 9.04. The van der Waals surface area contributed by atoms with Crippen LogP contribution in [0.1, 0.15) is 53.0 Å². The molecule has 0 radical (unpaired) electrons. The van der Waals surface area contributed by atoms with Crippen molar-refractivity contribution in [3.05, 3.63) is 48.0 Å². The summed E-state index contributed by atoms with van der Waals surface area (Å²) in [6, 6.07) is 9.12. The number of carbonyl (C=O) groups excluding carboxylic acids is 3. The van der Waals surface area contributed by atoms with E-state index in [1.165, 1.54) is 4.90 Å². The summed E-state index contributed by atoms with van der Waals surface area (Å²) < 4.78 is 0. The highest BCUT2D eigenvalue weighted by Gasteiger charge is 2.61. The number of allylic oxidation sites excluding steroid dienone is 1. The van der Waals surface area contributed by atoms with E-state index < -0.39 is 16.6 Å². The molecule has 0 aliphatic carbocycles. The van der Waals surface area contributed by atoms with Crippen molar-refractivity contribution in [3.63, 3.8) is 0 Å². The molecule has 2 aliphatic rings. The van der Waals surface area contributed by atoms with Gasteiger partial charge in [-0.2, -0.15) is 0 Å². The number of hydrogen-bond donors (Lipinski definition) is 1. The number of piperidine rings is 1. The van der Waals surface area contributed by atoms with E-state index >= 15 is 0 Å². The molecule has 1 spiro atoms. The molecule has 2 fully saturated rings. The Hall–Kier alpha value is -2.63. The summed E-state index contributed by atoms with van der Waals surface area (Å²) in [6.07, 6.45) is 4.03. The standard InChI is InChI=1S/C22H29N3O3/c1-6-10-17(26)25-20(2,3)14-22(15-21(25,4)5)18(27)24(19(28)23-22)13-16-11-8-7-9-12-16/h6-12H,13-15H2,1-5H3,(H,23,28)/b10-6+. The summed E-state index contributed by atoms with van der Waals surface area (Å²) in [5.41, 5.74) is -1.28. The first-order valence-electron chi connectivity index (χ1n) is 9.67. The van der Waals surface area contributed by atoms with Crippen LogP contribution in [0.5, 0.6) is 0 Å². The molecule has 2 aliphatic heterocycles. The summed E-state index contributed by atoms with van der Waals surface area (Å²) >= 11 is 0. The van der Waals surface area contributed by atoms with Crippen LogP contribution in [0.15, 0.2) is 42.5 Å². The number of likely N-dealkylation sites (tertiary alicyclic amines) is 1. The number of nitrogens with zero attached hydrogens (tertiary/aromatic N) is 2. The monoisotopic (exact) mass is 383 g/mol. The van der Waals surface area contributed by atoms with Gasteiger partial charge in [-0.05, 0) is 46.3 Å². The molecular weight excluding hydrogens is 354 g/mol. The fourth-order valence-electron chi connectivity index (χ4n) is 5.16. The lowest BCUT2D eigenvalue weighted by Gasteiger charge is -2.57. The zero-order valence-electron chi connectivity index (χ0n) is 17.3. The maximum absolute atomic E-state index is 13.4. The fraction of sp³-hybridized carbons (Fsp3) is 0.500. The summed E-state index contributed by atoms with van der Waals surface area (Å²) in [5, 5.41) is 2.97. The molecule has 0 bridgehead atoms. The van der Waals surface area contributed by atoms with E-state index in [9.17, 15) is 14.4 Å². The highest BCUT2D eigenvalue weighted by Crippen LogP contribution is 2.46. The third-order valence-electron chi connectivity index (χ3n) is 5.64. The van der Waals surface area contributed by atoms with Gasteiger partial charge in [-0.1, -0.05) is 36.4 Å². The molecule has 6 heteroatoms. The largest absolute Gasteiger partial charge is 0.329 e.